The molecule has 0 atom stereocenters. The summed E-state index contributed by atoms with van der Waals surface area (Å²) in [7, 11) is 0. The molecule has 0 heterocycles. The molecule has 4 heteroatoms. The van der Waals surface area contributed by atoms with Crippen molar-refractivity contribution < 1.29 is 9.18 Å². The first-order chi connectivity index (χ1) is 9.09. The third kappa shape index (κ3) is 2.02. The summed E-state index contributed by atoms with van der Waals surface area (Å²) >= 11 is 3.34. The summed E-state index contributed by atoms with van der Waals surface area (Å²) in [4.78, 5) is 11.5. The summed E-state index contributed by atoms with van der Waals surface area (Å²) in [5.41, 5.74) is 10.1. The predicted octanol–water partition coefficient (Wildman–Crippen LogP) is 3.96. The third-order valence-corrected chi connectivity index (χ3v) is 4.89. The molecule has 2 nitrogen and oxygen atoms in total. The number of halogens is 2. The minimum atomic E-state index is -0.541. The average molecular weight is 324 g/mol. The van der Waals surface area contributed by atoms with Gasteiger partial charge in [0.25, 0.3) is 0 Å². The highest BCUT2D eigenvalue weighted by atomic mass is 79.9. The lowest BCUT2D eigenvalue weighted by Gasteiger charge is -2.12. The zero-order valence-electron chi connectivity index (χ0n) is 10.6. The molecule has 1 amide bonds. The number of carbonyl (C=O) groups is 1. The Morgan fingerprint density at radius 1 is 1.26 bits per heavy atom. The number of benzene rings is 1. The first kappa shape index (κ1) is 12.9. The molecular weight excluding hydrogens is 309 g/mol. The Morgan fingerprint density at radius 3 is 2.74 bits per heavy atom. The van der Waals surface area contributed by atoms with Gasteiger partial charge < -0.3 is 5.73 Å². The number of nitrogens with two attached hydrogens (primary N) is 1. The van der Waals surface area contributed by atoms with E-state index in [-0.39, 0.29) is 0 Å². The molecule has 2 aliphatic rings. The van der Waals surface area contributed by atoms with Crippen molar-refractivity contribution in [1.29, 1.82) is 0 Å². The second kappa shape index (κ2) is 4.75. The van der Waals surface area contributed by atoms with Crippen LogP contribution in [0, 0.1) is 5.82 Å². The SMILES string of the molecule is NC(=O)c1cc(F)c(Br)c2c1CC1=C2CCCCC1. The maximum absolute atomic E-state index is 14.0. The predicted molar refractivity (Wildman–Crippen MR) is 76.3 cm³/mol. The number of primary amides is 1. The lowest BCUT2D eigenvalue weighted by molar-refractivity contribution is 0.0999. The summed E-state index contributed by atoms with van der Waals surface area (Å²) in [5, 5.41) is 0. The first-order valence-corrected chi connectivity index (χ1v) is 7.41. The van der Waals surface area contributed by atoms with Gasteiger partial charge in [-0.3, -0.25) is 4.79 Å². The molecule has 0 aliphatic heterocycles. The molecule has 0 aromatic heterocycles. The van der Waals surface area contributed by atoms with E-state index < -0.39 is 11.7 Å². The van der Waals surface area contributed by atoms with Gasteiger partial charge in [0.2, 0.25) is 5.91 Å². The lowest BCUT2D eigenvalue weighted by atomic mass is 9.97. The van der Waals surface area contributed by atoms with E-state index in [2.05, 4.69) is 15.9 Å². The van der Waals surface area contributed by atoms with Gasteiger partial charge in [-0.05, 0) is 70.8 Å². The van der Waals surface area contributed by atoms with Crippen LogP contribution in [-0.2, 0) is 6.42 Å². The highest BCUT2D eigenvalue weighted by Crippen LogP contribution is 2.45. The number of carbonyl (C=O) groups excluding carboxylic acids is 1. The Labute approximate surface area is 120 Å². The van der Waals surface area contributed by atoms with Crippen LogP contribution in [0.15, 0.2) is 16.1 Å². The van der Waals surface area contributed by atoms with Crippen molar-refractivity contribution in [2.75, 3.05) is 0 Å². The fraction of sp³-hybridized carbons (Fsp3) is 0.400. The molecule has 0 unspecified atom stereocenters. The molecule has 0 saturated carbocycles. The van der Waals surface area contributed by atoms with Crippen LogP contribution in [0.2, 0.25) is 0 Å². The van der Waals surface area contributed by atoms with Crippen molar-refractivity contribution in [1.82, 2.24) is 0 Å². The number of hydrogen-bond acceptors (Lipinski definition) is 1. The molecule has 100 valence electrons. The Balaban J connectivity index is 2.21. The van der Waals surface area contributed by atoms with E-state index in [0.717, 1.165) is 36.8 Å². The minimum absolute atomic E-state index is 0.337. The second-order valence-corrected chi connectivity index (χ2v) is 6.05. The van der Waals surface area contributed by atoms with E-state index in [9.17, 15) is 9.18 Å². The molecule has 1 aromatic carbocycles. The Morgan fingerprint density at radius 2 is 2.00 bits per heavy atom. The van der Waals surface area contributed by atoms with Crippen LogP contribution in [-0.4, -0.2) is 5.91 Å². The van der Waals surface area contributed by atoms with Crippen molar-refractivity contribution in [2.24, 2.45) is 5.73 Å². The summed E-state index contributed by atoms with van der Waals surface area (Å²) in [5.74, 6) is -0.939. The van der Waals surface area contributed by atoms with Crippen LogP contribution in [0.1, 0.15) is 53.6 Å². The summed E-state index contributed by atoms with van der Waals surface area (Å²) in [6.07, 6.45) is 6.31. The fourth-order valence-electron chi connectivity index (χ4n) is 3.24. The Hall–Kier alpha value is -1.16. The molecule has 0 bridgehead atoms. The maximum Gasteiger partial charge on any atom is 0.249 e. The molecule has 0 saturated heterocycles. The molecule has 2 aliphatic carbocycles. The number of rotatable bonds is 1. The van der Waals surface area contributed by atoms with Gasteiger partial charge in [-0.15, -0.1) is 0 Å². The van der Waals surface area contributed by atoms with E-state index in [0.29, 0.717) is 10.0 Å². The normalized spacial score (nSPS) is 18.0. The van der Waals surface area contributed by atoms with Crippen LogP contribution in [0.4, 0.5) is 4.39 Å². The van der Waals surface area contributed by atoms with Gasteiger partial charge in [-0.25, -0.2) is 4.39 Å². The largest absolute Gasteiger partial charge is 0.366 e. The number of hydrogen-bond donors (Lipinski definition) is 1. The van der Waals surface area contributed by atoms with Crippen LogP contribution < -0.4 is 5.73 Å². The van der Waals surface area contributed by atoms with Crippen LogP contribution in [0.3, 0.4) is 0 Å². The van der Waals surface area contributed by atoms with Gasteiger partial charge in [0.05, 0.1) is 4.47 Å². The minimum Gasteiger partial charge on any atom is -0.366 e. The van der Waals surface area contributed by atoms with Crippen molar-refractivity contribution in [3.05, 3.63) is 38.6 Å². The summed E-state index contributed by atoms with van der Waals surface area (Å²) in [6, 6.07) is 1.26. The molecule has 0 radical (unpaired) electrons. The summed E-state index contributed by atoms with van der Waals surface area (Å²) in [6.45, 7) is 0. The smallest absolute Gasteiger partial charge is 0.249 e. The summed E-state index contributed by atoms with van der Waals surface area (Å²) < 4.78 is 14.5. The van der Waals surface area contributed by atoms with Gasteiger partial charge in [-0.2, -0.15) is 0 Å². The highest BCUT2D eigenvalue weighted by Gasteiger charge is 2.29. The van der Waals surface area contributed by atoms with Gasteiger partial charge in [0.1, 0.15) is 5.82 Å². The maximum atomic E-state index is 14.0. The molecule has 1 aromatic rings. The van der Waals surface area contributed by atoms with Crippen LogP contribution in [0.25, 0.3) is 5.57 Å². The van der Waals surface area contributed by atoms with Crippen molar-refractivity contribution in [2.45, 2.75) is 38.5 Å². The lowest BCUT2D eigenvalue weighted by Crippen LogP contribution is -2.15. The second-order valence-electron chi connectivity index (χ2n) is 5.26. The van der Waals surface area contributed by atoms with Crippen molar-refractivity contribution in [3.8, 4) is 0 Å². The average Bonchev–Trinajstić information content (AvgIpc) is 2.57. The van der Waals surface area contributed by atoms with Gasteiger partial charge >= 0.3 is 0 Å². The Bertz CT molecular complexity index is 607. The molecular formula is C15H15BrFNO. The van der Waals surface area contributed by atoms with E-state index in [1.807, 2.05) is 0 Å². The van der Waals surface area contributed by atoms with Crippen LogP contribution in [0.5, 0.6) is 0 Å². The van der Waals surface area contributed by atoms with E-state index in [1.54, 1.807) is 0 Å². The first-order valence-electron chi connectivity index (χ1n) is 6.61. The number of allylic oxidation sites excluding steroid dienone is 2. The van der Waals surface area contributed by atoms with Gasteiger partial charge in [0.15, 0.2) is 0 Å². The molecule has 0 fully saturated rings. The van der Waals surface area contributed by atoms with Crippen molar-refractivity contribution >= 4 is 27.4 Å². The van der Waals surface area contributed by atoms with E-state index in [1.165, 1.54) is 30.1 Å². The monoisotopic (exact) mass is 323 g/mol. The topological polar surface area (TPSA) is 43.1 Å². The zero-order valence-corrected chi connectivity index (χ0v) is 12.1. The van der Waals surface area contributed by atoms with Gasteiger partial charge in [-0.1, -0.05) is 12.0 Å². The molecule has 0 spiro atoms. The van der Waals surface area contributed by atoms with E-state index >= 15 is 0 Å². The molecule has 2 N–H and O–H groups in total. The number of amides is 1. The number of fused-ring (bicyclic) bond motifs is 2. The fourth-order valence-corrected chi connectivity index (χ4v) is 3.83. The van der Waals surface area contributed by atoms with Crippen molar-refractivity contribution in [3.63, 3.8) is 0 Å². The highest BCUT2D eigenvalue weighted by molar-refractivity contribution is 9.10. The van der Waals surface area contributed by atoms with Crippen LogP contribution >= 0.6 is 15.9 Å². The third-order valence-electron chi connectivity index (χ3n) is 4.12. The van der Waals surface area contributed by atoms with E-state index in [4.69, 9.17) is 5.73 Å². The van der Waals surface area contributed by atoms with Gasteiger partial charge in [0, 0.05) is 5.56 Å². The standard InChI is InChI=1S/C15H15BrFNO/c16-14-12(17)7-11(15(18)19)10-6-8-4-2-1-3-5-9(8)13(10)14/h7H,1-6H2,(H2,18,19). The Kier molecular flexibility index (Phi) is 3.21. The quantitative estimate of drug-likeness (QED) is 0.835. The zero-order chi connectivity index (χ0) is 13.6. The molecule has 3 rings (SSSR count). The molecule has 19 heavy (non-hydrogen) atoms.